The molecule has 0 atom stereocenters. The van der Waals surface area contributed by atoms with Crippen LogP contribution in [0.15, 0.2) is 48.5 Å². The highest BCUT2D eigenvalue weighted by atomic mass is 16.2. The Hall–Kier alpha value is -2.95. The van der Waals surface area contributed by atoms with Crippen molar-refractivity contribution >= 4 is 29.0 Å². The van der Waals surface area contributed by atoms with Crippen molar-refractivity contribution in [2.45, 2.75) is 26.8 Å². The molecule has 0 fully saturated rings. The van der Waals surface area contributed by atoms with Gasteiger partial charge in [-0.25, -0.2) is 0 Å². The van der Waals surface area contributed by atoms with Crippen molar-refractivity contribution in [3.8, 4) is 0 Å². The number of fused-ring (bicyclic) bond motifs is 1. The lowest BCUT2D eigenvalue weighted by Crippen LogP contribution is -2.45. The third-order valence-electron chi connectivity index (χ3n) is 4.30. The molecule has 25 heavy (non-hydrogen) atoms. The SMILES string of the molecule is Cc1cccc2c1N(CC(=O)N(c1ccccc1)C(C)C)C(=O)C2=O. The number of aryl methyl sites for hydroxylation is 1. The maximum atomic E-state index is 12.9. The van der Waals surface area contributed by atoms with Crippen LogP contribution in [0.25, 0.3) is 0 Å². The van der Waals surface area contributed by atoms with Gasteiger partial charge in [-0.05, 0) is 44.5 Å². The second-order valence-corrected chi connectivity index (χ2v) is 6.38. The summed E-state index contributed by atoms with van der Waals surface area (Å²) < 4.78 is 0. The Kier molecular flexibility index (Phi) is 4.40. The van der Waals surface area contributed by atoms with Gasteiger partial charge in [-0.3, -0.25) is 19.3 Å². The number of anilines is 2. The predicted molar refractivity (Wildman–Crippen MR) is 96.9 cm³/mol. The van der Waals surface area contributed by atoms with E-state index in [0.717, 1.165) is 11.3 Å². The zero-order chi connectivity index (χ0) is 18.1. The maximum Gasteiger partial charge on any atom is 0.299 e. The highest BCUT2D eigenvalue weighted by Gasteiger charge is 2.38. The minimum atomic E-state index is -0.644. The van der Waals surface area contributed by atoms with Crippen LogP contribution in [0.5, 0.6) is 0 Å². The first-order valence-electron chi connectivity index (χ1n) is 8.24. The minimum absolute atomic E-state index is 0.0698. The van der Waals surface area contributed by atoms with Crippen molar-refractivity contribution in [2.75, 3.05) is 16.3 Å². The van der Waals surface area contributed by atoms with Crippen molar-refractivity contribution in [3.05, 3.63) is 59.7 Å². The van der Waals surface area contributed by atoms with Crippen molar-refractivity contribution < 1.29 is 14.4 Å². The highest BCUT2D eigenvalue weighted by molar-refractivity contribution is 6.52. The largest absolute Gasteiger partial charge is 0.308 e. The molecule has 0 bridgehead atoms. The summed E-state index contributed by atoms with van der Waals surface area (Å²) in [6, 6.07) is 14.5. The van der Waals surface area contributed by atoms with Crippen LogP contribution in [0.2, 0.25) is 0 Å². The zero-order valence-corrected chi connectivity index (χ0v) is 14.5. The van der Waals surface area contributed by atoms with E-state index in [2.05, 4.69) is 0 Å². The van der Waals surface area contributed by atoms with E-state index in [1.54, 1.807) is 17.0 Å². The molecule has 0 saturated carbocycles. The van der Waals surface area contributed by atoms with Gasteiger partial charge >= 0.3 is 0 Å². The third-order valence-corrected chi connectivity index (χ3v) is 4.30. The molecule has 0 N–H and O–H groups in total. The number of Topliss-reactive ketones (excluding diaryl/α,β-unsaturated/α-hetero) is 1. The molecule has 0 aliphatic carbocycles. The molecule has 0 radical (unpaired) electrons. The van der Waals surface area contributed by atoms with E-state index in [1.807, 2.05) is 57.2 Å². The number of nitrogens with zero attached hydrogens (tertiary/aromatic N) is 2. The van der Waals surface area contributed by atoms with Crippen LogP contribution < -0.4 is 9.80 Å². The molecular formula is C20H20N2O3. The average Bonchev–Trinajstić information content (AvgIpc) is 2.82. The molecule has 1 aliphatic heterocycles. The number of para-hydroxylation sites is 2. The maximum absolute atomic E-state index is 12.9. The first-order chi connectivity index (χ1) is 11.9. The smallest absolute Gasteiger partial charge is 0.299 e. The van der Waals surface area contributed by atoms with Crippen LogP contribution in [-0.4, -0.2) is 30.2 Å². The summed E-state index contributed by atoms with van der Waals surface area (Å²) in [5, 5.41) is 0. The molecule has 2 aromatic carbocycles. The Morgan fingerprint density at radius 1 is 1.04 bits per heavy atom. The Bertz CT molecular complexity index is 843. The first-order valence-corrected chi connectivity index (χ1v) is 8.24. The van der Waals surface area contributed by atoms with Crippen LogP contribution in [-0.2, 0) is 9.59 Å². The van der Waals surface area contributed by atoms with Gasteiger partial charge in [-0.1, -0.05) is 30.3 Å². The predicted octanol–water partition coefficient (Wildman–Crippen LogP) is 2.97. The number of benzene rings is 2. The van der Waals surface area contributed by atoms with E-state index in [9.17, 15) is 14.4 Å². The normalized spacial score (nSPS) is 13.4. The van der Waals surface area contributed by atoms with Crippen molar-refractivity contribution in [1.29, 1.82) is 0 Å². The van der Waals surface area contributed by atoms with Gasteiger partial charge in [0.15, 0.2) is 0 Å². The molecule has 1 heterocycles. The second kappa shape index (κ2) is 6.51. The van der Waals surface area contributed by atoms with Gasteiger partial charge in [0.2, 0.25) is 5.91 Å². The Labute approximate surface area is 146 Å². The lowest BCUT2D eigenvalue weighted by Gasteiger charge is -2.29. The van der Waals surface area contributed by atoms with Gasteiger partial charge in [0, 0.05) is 11.7 Å². The van der Waals surface area contributed by atoms with Crippen LogP contribution in [0.4, 0.5) is 11.4 Å². The van der Waals surface area contributed by atoms with Gasteiger partial charge in [0.1, 0.15) is 6.54 Å². The van der Waals surface area contributed by atoms with E-state index < -0.39 is 11.7 Å². The quantitative estimate of drug-likeness (QED) is 0.807. The summed E-state index contributed by atoms with van der Waals surface area (Å²) in [7, 11) is 0. The molecule has 3 rings (SSSR count). The van der Waals surface area contributed by atoms with E-state index in [4.69, 9.17) is 0 Å². The number of hydrogen-bond acceptors (Lipinski definition) is 3. The number of ketones is 1. The van der Waals surface area contributed by atoms with E-state index >= 15 is 0 Å². The molecule has 0 saturated heterocycles. The highest BCUT2D eigenvalue weighted by Crippen LogP contribution is 2.32. The molecule has 0 aromatic heterocycles. The molecule has 0 spiro atoms. The van der Waals surface area contributed by atoms with Crippen molar-refractivity contribution in [2.24, 2.45) is 0 Å². The van der Waals surface area contributed by atoms with Crippen molar-refractivity contribution in [1.82, 2.24) is 0 Å². The lowest BCUT2D eigenvalue weighted by atomic mass is 10.1. The molecule has 5 heteroatoms. The minimum Gasteiger partial charge on any atom is -0.308 e. The average molecular weight is 336 g/mol. The lowest BCUT2D eigenvalue weighted by molar-refractivity contribution is -0.120. The summed E-state index contributed by atoms with van der Waals surface area (Å²) >= 11 is 0. The van der Waals surface area contributed by atoms with Gasteiger partial charge in [-0.2, -0.15) is 0 Å². The number of carbonyl (C=O) groups excluding carboxylic acids is 3. The Balaban J connectivity index is 1.93. The van der Waals surface area contributed by atoms with Gasteiger partial charge < -0.3 is 4.90 Å². The summed E-state index contributed by atoms with van der Waals surface area (Å²) in [6.07, 6.45) is 0. The third kappa shape index (κ3) is 2.93. The fourth-order valence-corrected chi connectivity index (χ4v) is 3.22. The summed E-state index contributed by atoms with van der Waals surface area (Å²) in [4.78, 5) is 40.5. The Morgan fingerprint density at radius 2 is 1.72 bits per heavy atom. The Morgan fingerprint density at radius 3 is 2.36 bits per heavy atom. The van der Waals surface area contributed by atoms with E-state index in [1.165, 1.54) is 4.90 Å². The number of rotatable bonds is 4. The van der Waals surface area contributed by atoms with E-state index in [0.29, 0.717) is 11.3 Å². The monoisotopic (exact) mass is 336 g/mol. The van der Waals surface area contributed by atoms with Gasteiger partial charge in [0.05, 0.1) is 11.3 Å². The zero-order valence-electron chi connectivity index (χ0n) is 14.5. The summed E-state index contributed by atoms with van der Waals surface area (Å²) in [6.45, 7) is 5.51. The fourth-order valence-electron chi connectivity index (χ4n) is 3.22. The van der Waals surface area contributed by atoms with Crippen LogP contribution >= 0.6 is 0 Å². The van der Waals surface area contributed by atoms with Crippen LogP contribution in [0.1, 0.15) is 29.8 Å². The fraction of sp³-hybridized carbons (Fsp3) is 0.250. The second-order valence-electron chi connectivity index (χ2n) is 6.38. The molecular weight excluding hydrogens is 316 g/mol. The molecule has 128 valence electrons. The van der Waals surface area contributed by atoms with Gasteiger partial charge in [0.25, 0.3) is 11.7 Å². The van der Waals surface area contributed by atoms with Crippen LogP contribution in [0, 0.1) is 6.92 Å². The van der Waals surface area contributed by atoms with E-state index in [-0.39, 0.29) is 18.5 Å². The first kappa shape index (κ1) is 16.9. The number of hydrogen-bond donors (Lipinski definition) is 0. The summed E-state index contributed by atoms with van der Waals surface area (Å²) in [5.41, 5.74) is 2.49. The topological polar surface area (TPSA) is 57.7 Å². The number of amides is 2. The van der Waals surface area contributed by atoms with Crippen LogP contribution in [0.3, 0.4) is 0 Å². The number of carbonyl (C=O) groups is 3. The van der Waals surface area contributed by atoms with Crippen molar-refractivity contribution in [3.63, 3.8) is 0 Å². The van der Waals surface area contributed by atoms with Gasteiger partial charge in [-0.15, -0.1) is 0 Å². The molecule has 2 amide bonds. The standard InChI is InChI=1S/C20H20N2O3/c1-13(2)22(15-9-5-4-6-10-15)17(23)12-21-18-14(3)8-7-11-16(18)19(24)20(21)25/h4-11,13H,12H2,1-3H3. The molecule has 5 nitrogen and oxygen atoms in total. The summed E-state index contributed by atoms with van der Waals surface area (Å²) in [5.74, 6) is -1.42. The molecule has 1 aliphatic rings. The molecule has 2 aromatic rings. The molecule has 0 unspecified atom stereocenters.